The lowest BCUT2D eigenvalue weighted by molar-refractivity contribution is -0.660. The standard InChI is InChI=1S/C36H31F6N2O/c1-18(2)24-16-25-23-9-7-8-10-29(23)45-34(25)30(19(3)4)32(24)21-11-12-44(6)28(14-21)31-20(5)13-27-26(33(31)36(40,41)42)15-22(17-43-27)35(37,38)39/h7-19H,1-6H3/q+1/i18D,19D. The predicted molar refractivity (Wildman–Crippen MR) is 164 cm³/mol. The molecule has 0 bridgehead atoms. The third-order valence-corrected chi connectivity index (χ3v) is 8.20. The van der Waals surface area contributed by atoms with Crippen molar-refractivity contribution in [3.05, 3.63) is 94.8 Å². The van der Waals surface area contributed by atoms with E-state index in [1.54, 1.807) is 53.1 Å². The molecule has 45 heavy (non-hydrogen) atoms. The van der Waals surface area contributed by atoms with Crippen molar-refractivity contribution < 1.29 is 38.1 Å². The summed E-state index contributed by atoms with van der Waals surface area (Å²) < 4.78 is 112. The molecule has 0 aliphatic carbocycles. The smallest absolute Gasteiger partial charge is 0.417 e. The summed E-state index contributed by atoms with van der Waals surface area (Å²) in [5.41, 5.74) is 0.172. The number of alkyl halides is 6. The van der Waals surface area contributed by atoms with Crippen LogP contribution in [0.2, 0.25) is 0 Å². The third-order valence-electron chi connectivity index (χ3n) is 8.20. The average Bonchev–Trinajstić information content (AvgIpc) is 3.32. The largest absolute Gasteiger partial charge is 0.456 e. The maximum absolute atomic E-state index is 15.0. The molecular formula is C36H31F6N2O+. The number of hydrogen-bond acceptors (Lipinski definition) is 2. The Morgan fingerprint density at radius 2 is 1.53 bits per heavy atom. The molecule has 6 rings (SSSR count). The highest BCUT2D eigenvalue weighted by Gasteiger charge is 2.40. The minimum atomic E-state index is -5.04. The maximum Gasteiger partial charge on any atom is 0.417 e. The van der Waals surface area contributed by atoms with Crippen LogP contribution < -0.4 is 4.57 Å². The van der Waals surface area contributed by atoms with Gasteiger partial charge in [0.25, 0.3) is 0 Å². The summed E-state index contributed by atoms with van der Waals surface area (Å²) in [6, 6.07) is 14.3. The molecule has 3 aromatic carbocycles. The SMILES string of the molecule is [2H]C(C)(C)c1cc2c(oc3ccccc32)c(C([2H])(C)C)c1-c1cc[n+](C)c(-c2c(C)cc3ncc(C(F)(F)F)cc3c2C(F)(F)F)c1. The monoisotopic (exact) mass is 623 g/mol. The van der Waals surface area contributed by atoms with Crippen molar-refractivity contribution in [2.75, 3.05) is 0 Å². The van der Waals surface area contributed by atoms with Gasteiger partial charge in [0.1, 0.15) is 18.2 Å². The van der Waals surface area contributed by atoms with Gasteiger partial charge in [-0.15, -0.1) is 0 Å². The van der Waals surface area contributed by atoms with Crippen LogP contribution in [0.1, 0.15) is 70.0 Å². The van der Waals surface area contributed by atoms with Crippen LogP contribution >= 0.6 is 0 Å². The van der Waals surface area contributed by atoms with Crippen LogP contribution in [-0.4, -0.2) is 4.98 Å². The van der Waals surface area contributed by atoms with Crippen molar-refractivity contribution in [1.29, 1.82) is 0 Å². The molecule has 3 heterocycles. The first kappa shape index (κ1) is 28.1. The van der Waals surface area contributed by atoms with Gasteiger partial charge >= 0.3 is 12.4 Å². The number of furan rings is 1. The molecule has 6 aromatic rings. The zero-order chi connectivity index (χ0) is 34.4. The van der Waals surface area contributed by atoms with Gasteiger partial charge in [-0.2, -0.15) is 26.3 Å². The summed E-state index contributed by atoms with van der Waals surface area (Å²) >= 11 is 0. The molecule has 0 aliphatic heterocycles. The molecule has 0 amide bonds. The predicted octanol–water partition coefficient (Wildman–Crippen LogP) is 10.9. The molecular weight excluding hydrogens is 590 g/mol. The van der Waals surface area contributed by atoms with Gasteiger partial charge < -0.3 is 4.42 Å². The number of fused-ring (bicyclic) bond motifs is 4. The van der Waals surface area contributed by atoms with E-state index in [1.807, 2.05) is 30.3 Å². The van der Waals surface area contributed by atoms with Gasteiger partial charge in [0.15, 0.2) is 6.20 Å². The van der Waals surface area contributed by atoms with Crippen molar-refractivity contribution in [1.82, 2.24) is 4.98 Å². The molecule has 3 aromatic heterocycles. The van der Waals surface area contributed by atoms with E-state index in [2.05, 4.69) is 4.98 Å². The molecule has 3 nitrogen and oxygen atoms in total. The van der Waals surface area contributed by atoms with Crippen LogP contribution in [0.25, 0.3) is 55.2 Å². The topological polar surface area (TPSA) is 29.9 Å². The molecule has 9 heteroatoms. The Morgan fingerprint density at radius 1 is 0.822 bits per heavy atom. The molecule has 0 saturated carbocycles. The van der Waals surface area contributed by atoms with Crippen LogP contribution in [0, 0.1) is 6.92 Å². The summed E-state index contributed by atoms with van der Waals surface area (Å²) in [6.07, 6.45) is -7.83. The lowest BCUT2D eigenvalue weighted by Gasteiger charge is -2.22. The van der Waals surface area contributed by atoms with Crippen molar-refractivity contribution in [2.45, 2.75) is 58.8 Å². The highest BCUT2D eigenvalue weighted by molar-refractivity contribution is 6.08. The highest BCUT2D eigenvalue weighted by atomic mass is 19.4. The second-order valence-corrected chi connectivity index (χ2v) is 11.8. The molecule has 232 valence electrons. The lowest BCUT2D eigenvalue weighted by atomic mass is 9.83. The van der Waals surface area contributed by atoms with Gasteiger partial charge in [-0.1, -0.05) is 45.9 Å². The molecule has 0 N–H and O–H groups in total. The molecule has 0 atom stereocenters. The fraction of sp³-hybridized carbons (Fsp3) is 0.278. The van der Waals surface area contributed by atoms with E-state index < -0.39 is 40.7 Å². The van der Waals surface area contributed by atoms with E-state index in [0.29, 0.717) is 45.7 Å². The Bertz CT molecular complexity index is 2220. The van der Waals surface area contributed by atoms with Gasteiger partial charge in [-0.25, -0.2) is 4.57 Å². The van der Waals surface area contributed by atoms with E-state index in [1.165, 1.54) is 17.6 Å². The first-order valence-corrected chi connectivity index (χ1v) is 14.3. The highest BCUT2D eigenvalue weighted by Crippen LogP contribution is 2.47. The van der Waals surface area contributed by atoms with Gasteiger partial charge in [-0.3, -0.25) is 4.98 Å². The zero-order valence-corrected chi connectivity index (χ0v) is 25.4. The van der Waals surface area contributed by atoms with Gasteiger partial charge in [0.2, 0.25) is 5.69 Å². The number of benzene rings is 3. The Balaban J connectivity index is 1.75. The molecule has 0 unspecified atom stereocenters. The van der Waals surface area contributed by atoms with E-state index in [-0.39, 0.29) is 22.3 Å². The molecule has 0 aliphatic rings. The van der Waals surface area contributed by atoms with E-state index >= 15 is 0 Å². The average molecular weight is 624 g/mol. The number of hydrogen-bond donors (Lipinski definition) is 0. The normalized spacial score (nSPS) is 14.0. The number of pyridine rings is 2. The van der Waals surface area contributed by atoms with Gasteiger partial charge in [0.05, 0.1) is 22.2 Å². The summed E-state index contributed by atoms with van der Waals surface area (Å²) in [5, 5.41) is 0.857. The minimum absolute atomic E-state index is 0.0822. The summed E-state index contributed by atoms with van der Waals surface area (Å²) in [5.74, 6) is -2.49. The van der Waals surface area contributed by atoms with Crippen molar-refractivity contribution in [2.24, 2.45) is 7.05 Å². The quantitative estimate of drug-likeness (QED) is 0.144. The molecule has 0 fully saturated rings. The second-order valence-electron chi connectivity index (χ2n) is 11.8. The van der Waals surface area contributed by atoms with Crippen molar-refractivity contribution in [3.63, 3.8) is 0 Å². The molecule has 0 radical (unpaired) electrons. The van der Waals surface area contributed by atoms with Crippen molar-refractivity contribution in [3.8, 4) is 22.4 Å². The number of para-hydroxylation sites is 1. The summed E-state index contributed by atoms with van der Waals surface area (Å²) in [4.78, 5) is 3.75. The number of rotatable bonds is 4. The molecule has 0 saturated heterocycles. The maximum atomic E-state index is 15.0. The summed E-state index contributed by atoms with van der Waals surface area (Å²) in [7, 11) is 1.56. The molecule has 0 spiro atoms. The van der Waals surface area contributed by atoms with E-state index in [0.717, 1.165) is 10.8 Å². The van der Waals surface area contributed by atoms with Crippen LogP contribution in [0.3, 0.4) is 0 Å². The van der Waals surface area contributed by atoms with Crippen molar-refractivity contribution >= 4 is 32.8 Å². The summed E-state index contributed by atoms with van der Waals surface area (Å²) in [6.45, 7) is 8.23. The number of aromatic nitrogens is 2. The van der Waals surface area contributed by atoms with E-state index in [9.17, 15) is 27.7 Å². The number of aryl methyl sites for hydroxylation is 2. The Morgan fingerprint density at radius 3 is 2.18 bits per heavy atom. The first-order chi connectivity index (χ1) is 21.7. The van der Waals surface area contributed by atoms with Gasteiger partial charge in [0, 0.05) is 42.8 Å². The Hall–Kier alpha value is -4.40. The van der Waals surface area contributed by atoms with Crippen LogP contribution in [0.4, 0.5) is 26.3 Å². The Labute approximate surface area is 258 Å². The van der Waals surface area contributed by atoms with Crippen LogP contribution in [-0.2, 0) is 19.4 Å². The number of nitrogens with zero attached hydrogens (tertiary/aromatic N) is 2. The van der Waals surface area contributed by atoms with E-state index in [4.69, 9.17) is 5.79 Å². The third kappa shape index (κ3) is 5.12. The zero-order valence-electron chi connectivity index (χ0n) is 27.4. The Kier molecular flexibility index (Phi) is 6.62. The van der Waals surface area contributed by atoms with Crippen LogP contribution in [0.15, 0.2) is 71.4 Å². The fourth-order valence-electron chi connectivity index (χ4n) is 6.18. The van der Waals surface area contributed by atoms with Crippen LogP contribution in [0.5, 0.6) is 0 Å². The minimum Gasteiger partial charge on any atom is -0.456 e. The number of halogens is 6. The second kappa shape index (κ2) is 10.6. The fourth-order valence-corrected chi connectivity index (χ4v) is 6.18. The lowest BCUT2D eigenvalue weighted by Crippen LogP contribution is -2.31. The first-order valence-electron chi connectivity index (χ1n) is 15.3. The van der Waals surface area contributed by atoms with Gasteiger partial charge in [-0.05, 0) is 65.2 Å².